The van der Waals surface area contributed by atoms with Crippen LogP contribution in [0.1, 0.15) is 44.0 Å². The fourth-order valence-electron chi connectivity index (χ4n) is 4.86. The molecule has 0 unspecified atom stereocenters. The molecule has 0 spiro atoms. The highest BCUT2D eigenvalue weighted by Crippen LogP contribution is 2.43. The normalized spacial score (nSPS) is 17.7. The van der Waals surface area contributed by atoms with Gasteiger partial charge in [0.2, 0.25) is 0 Å². The van der Waals surface area contributed by atoms with Crippen molar-refractivity contribution in [2.24, 2.45) is 5.92 Å². The Labute approximate surface area is 200 Å². The summed E-state index contributed by atoms with van der Waals surface area (Å²) in [5, 5.41) is 4.53. The van der Waals surface area contributed by atoms with Crippen LogP contribution in [-0.2, 0) is 6.61 Å². The van der Waals surface area contributed by atoms with Crippen LogP contribution in [0.25, 0.3) is 16.8 Å². The minimum absolute atomic E-state index is 0.383. The number of benzene rings is 2. The molecule has 7 heteroatoms. The molecule has 34 heavy (non-hydrogen) atoms. The number of hydrogen-bond acceptors (Lipinski definition) is 6. The van der Waals surface area contributed by atoms with Gasteiger partial charge in [-0.3, -0.25) is 0 Å². The van der Waals surface area contributed by atoms with E-state index in [1.165, 1.54) is 6.33 Å². The molecule has 2 heterocycles. The lowest BCUT2D eigenvalue weighted by Crippen LogP contribution is -2.36. The summed E-state index contributed by atoms with van der Waals surface area (Å²) in [4.78, 5) is 11.8. The van der Waals surface area contributed by atoms with Crippen molar-refractivity contribution in [3.8, 4) is 17.0 Å². The molecule has 2 aromatic heterocycles. The molecule has 7 nitrogen and oxygen atoms in total. The van der Waals surface area contributed by atoms with Gasteiger partial charge >= 0.3 is 0 Å². The van der Waals surface area contributed by atoms with Crippen LogP contribution in [0.3, 0.4) is 0 Å². The number of hydrogen-bond donors (Lipinski definition) is 1. The van der Waals surface area contributed by atoms with Gasteiger partial charge in [0.15, 0.2) is 5.82 Å². The summed E-state index contributed by atoms with van der Waals surface area (Å²) in [7, 11) is 0. The van der Waals surface area contributed by atoms with Crippen LogP contribution >= 0.6 is 0 Å². The van der Waals surface area contributed by atoms with Crippen molar-refractivity contribution in [2.45, 2.75) is 39.2 Å². The number of fused-ring (bicyclic) bond motifs is 1. The summed E-state index contributed by atoms with van der Waals surface area (Å²) in [5.74, 6) is 3.30. The first kappa shape index (κ1) is 22.3. The molecular formula is C27H32N6O. The summed E-state index contributed by atoms with van der Waals surface area (Å²) in [6.45, 7) is 8.32. The Balaban J connectivity index is 1.40. The highest BCUT2D eigenvalue weighted by atomic mass is 16.5. The zero-order chi connectivity index (χ0) is 23.5. The average Bonchev–Trinajstić information content (AvgIpc) is 3.24. The zero-order valence-corrected chi connectivity index (χ0v) is 19.9. The third-order valence-corrected chi connectivity index (χ3v) is 6.85. The number of aromatic nitrogens is 4. The predicted molar refractivity (Wildman–Crippen MR) is 135 cm³/mol. The summed E-state index contributed by atoms with van der Waals surface area (Å²) in [5.41, 5.74) is 9.98. The SMILES string of the molecule is CCN(CC)CC1CC(c2nc(-c3cccc(OCc4ccccc4)c3)c3c(N)ncnn23)C1. The Morgan fingerprint density at radius 2 is 1.85 bits per heavy atom. The zero-order valence-electron chi connectivity index (χ0n) is 19.9. The van der Waals surface area contributed by atoms with Crippen LogP contribution in [0.2, 0.25) is 0 Å². The maximum atomic E-state index is 6.32. The lowest BCUT2D eigenvalue weighted by atomic mass is 9.74. The van der Waals surface area contributed by atoms with Gasteiger partial charge in [0, 0.05) is 18.0 Å². The molecule has 1 saturated carbocycles. The second-order valence-corrected chi connectivity index (χ2v) is 9.05. The van der Waals surface area contributed by atoms with Crippen LogP contribution in [0, 0.1) is 5.92 Å². The van der Waals surface area contributed by atoms with Gasteiger partial charge in [-0.1, -0.05) is 56.3 Å². The molecule has 5 rings (SSSR count). The maximum absolute atomic E-state index is 6.32. The first-order valence-electron chi connectivity index (χ1n) is 12.1. The molecule has 1 aliphatic rings. The number of nitrogens with two attached hydrogens (primary N) is 1. The number of ether oxygens (including phenoxy) is 1. The molecule has 1 aliphatic carbocycles. The maximum Gasteiger partial charge on any atom is 0.153 e. The Bertz CT molecular complexity index is 1240. The number of anilines is 1. The monoisotopic (exact) mass is 456 g/mol. The molecule has 2 N–H and O–H groups in total. The van der Waals surface area contributed by atoms with Gasteiger partial charge in [-0.2, -0.15) is 5.10 Å². The van der Waals surface area contributed by atoms with Gasteiger partial charge in [-0.05, 0) is 49.5 Å². The van der Waals surface area contributed by atoms with E-state index in [0.29, 0.717) is 24.3 Å². The molecule has 1 fully saturated rings. The van der Waals surface area contributed by atoms with Crippen molar-refractivity contribution in [3.63, 3.8) is 0 Å². The molecule has 0 saturated heterocycles. The Morgan fingerprint density at radius 1 is 1.06 bits per heavy atom. The number of imidazole rings is 1. The summed E-state index contributed by atoms with van der Waals surface area (Å²) in [6.07, 6.45) is 3.76. The molecule has 0 atom stereocenters. The van der Waals surface area contributed by atoms with Gasteiger partial charge in [-0.15, -0.1) is 0 Å². The van der Waals surface area contributed by atoms with Crippen molar-refractivity contribution >= 4 is 11.3 Å². The van der Waals surface area contributed by atoms with Crippen molar-refractivity contribution in [1.82, 2.24) is 24.5 Å². The van der Waals surface area contributed by atoms with Crippen LogP contribution in [0.4, 0.5) is 5.82 Å². The molecule has 0 aliphatic heterocycles. The van der Waals surface area contributed by atoms with Crippen molar-refractivity contribution in [3.05, 3.63) is 72.3 Å². The quantitative estimate of drug-likeness (QED) is 0.390. The number of nitrogens with zero attached hydrogens (tertiary/aromatic N) is 5. The fraction of sp³-hybridized carbons (Fsp3) is 0.370. The van der Waals surface area contributed by atoms with E-state index in [2.05, 4.69) is 41.0 Å². The van der Waals surface area contributed by atoms with E-state index < -0.39 is 0 Å². The van der Waals surface area contributed by atoms with E-state index in [1.54, 1.807) is 0 Å². The van der Waals surface area contributed by atoms with Crippen molar-refractivity contribution in [2.75, 3.05) is 25.4 Å². The minimum Gasteiger partial charge on any atom is -0.489 e. The van der Waals surface area contributed by atoms with E-state index in [1.807, 2.05) is 47.0 Å². The Kier molecular flexibility index (Phi) is 6.45. The van der Waals surface area contributed by atoms with Crippen LogP contribution in [0.5, 0.6) is 5.75 Å². The lowest BCUT2D eigenvalue weighted by Gasteiger charge is -2.37. The molecule has 0 radical (unpaired) electrons. The molecule has 2 aromatic carbocycles. The predicted octanol–water partition coefficient (Wildman–Crippen LogP) is 4.79. The number of nitrogen functional groups attached to an aromatic ring is 1. The second-order valence-electron chi connectivity index (χ2n) is 9.05. The van der Waals surface area contributed by atoms with Gasteiger partial charge in [0.05, 0.1) is 0 Å². The third kappa shape index (κ3) is 4.48. The summed E-state index contributed by atoms with van der Waals surface area (Å²) < 4.78 is 7.95. The third-order valence-electron chi connectivity index (χ3n) is 6.85. The first-order chi connectivity index (χ1) is 16.7. The van der Waals surface area contributed by atoms with Gasteiger partial charge in [-0.25, -0.2) is 14.5 Å². The van der Waals surface area contributed by atoms with Gasteiger partial charge in [0.25, 0.3) is 0 Å². The van der Waals surface area contributed by atoms with E-state index in [-0.39, 0.29) is 0 Å². The van der Waals surface area contributed by atoms with E-state index in [4.69, 9.17) is 15.5 Å². The second kappa shape index (κ2) is 9.81. The summed E-state index contributed by atoms with van der Waals surface area (Å²) >= 11 is 0. The van der Waals surface area contributed by atoms with E-state index >= 15 is 0 Å². The van der Waals surface area contributed by atoms with Crippen LogP contribution in [-0.4, -0.2) is 44.1 Å². The smallest absolute Gasteiger partial charge is 0.153 e. The minimum atomic E-state index is 0.383. The van der Waals surface area contributed by atoms with E-state index in [9.17, 15) is 0 Å². The van der Waals surface area contributed by atoms with Crippen LogP contribution < -0.4 is 10.5 Å². The largest absolute Gasteiger partial charge is 0.489 e. The lowest BCUT2D eigenvalue weighted by molar-refractivity contribution is 0.164. The molecule has 176 valence electrons. The van der Waals surface area contributed by atoms with Gasteiger partial charge < -0.3 is 15.4 Å². The summed E-state index contributed by atoms with van der Waals surface area (Å²) in [6, 6.07) is 18.2. The van der Waals surface area contributed by atoms with Crippen molar-refractivity contribution in [1.29, 1.82) is 0 Å². The fourth-order valence-corrected chi connectivity index (χ4v) is 4.86. The molecule has 0 amide bonds. The van der Waals surface area contributed by atoms with Crippen molar-refractivity contribution < 1.29 is 4.74 Å². The Hall–Kier alpha value is -3.45. The molecule has 0 bridgehead atoms. The topological polar surface area (TPSA) is 81.6 Å². The highest BCUT2D eigenvalue weighted by Gasteiger charge is 2.35. The number of rotatable bonds is 9. The van der Waals surface area contributed by atoms with Crippen LogP contribution in [0.15, 0.2) is 60.9 Å². The first-order valence-corrected chi connectivity index (χ1v) is 12.1. The molecular weight excluding hydrogens is 424 g/mol. The van der Waals surface area contributed by atoms with E-state index in [0.717, 1.165) is 66.4 Å². The standard InChI is InChI=1S/C27H32N6O/c1-3-32(4-2)16-20-13-22(14-20)27-31-24(25-26(28)29-18-30-33(25)27)21-11-8-12-23(15-21)34-17-19-9-6-5-7-10-19/h5-12,15,18,20,22H,3-4,13-14,16-17H2,1-2H3,(H2,28,29,30). The average molecular weight is 457 g/mol. The Morgan fingerprint density at radius 3 is 2.62 bits per heavy atom. The highest BCUT2D eigenvalue weighted by molar-refractivity contribution is 5.85. The molecule has 4 aromatic rings. The van der Waals surface area contributed by atoms with Gasteiger partial charge in [0.1, 0.15) is 35.7 Å².